The van der Waals surface area contributed by atoms with Crippen LogP contribution < -0.4 is 10.6 Å². The molecule has 3 amide bonds. The van der Waals surface area contributed by atoms with E-state index in [1.807, 2.05) is 0 Å². The van der Waals surface area contributed by atoms with Gasteiger partial charge >= 0.3 is 12.2 Å². The van der Waals surface area contributed by atoms with E-state index in [1.54, 1.807) is 25.1 Å². The summed E-state index contributed by atoms with van der Waals surface area (Å²) < 4.78 is 38.6. The molecule has 0 aliphatic rings. The lowest BCUT2D eigenvalue weighted by molar-refractivity contribution is -0.137. The van der Waals surface area contributed by atoms with E-state index >= 15 is 0 Å². The number of hydrogen-bond acceptors (Lipinski definition) is 4. The molecule has 33 heavy (non-hydrogen) atoms. The van der Waals surface area contributed by atoms with Crippen LogP contribution in [0.5, 0.6) is 5.75 Å². The summed E-state index contributed by atoms with van der Waals surface area (Å²) in [5, 5.41) is 13.8. The molecule has 3 rings (SSSR count). The van der Waals surface area contributed by atoms with Crippen LogP contribution in [0.4, 0.5) is 23.7 Å². The van der Waals surface area contributed by atoms with Gasteiger partial charge in [-0.15, -0.1) is 0 Å². The second kappa shape index (κ2) is 9.46. The Morgan fingerprint density at radius 3 is 2.33 bits per heavy atom. The lowest BCUT2D eigenvalue weighted by Crippen LogP contribution is -2.34. The average molecular weight is 519 g/mol. The predicted octanol–water partition coefficient (Wildman–Crippen LogP) is 6.70. The first-order valence-electron chi connectivity index (χ1n) is 9.02. The number of halogens is 6. The molecular formula is C21H13Cl3F3N3O3. The zero-order valence-corrected chi connectivity index (χ0v) is 18.8. The minimum absolute atomic E-state index is 0.142. The number of anilines is 1. The van der Waals surface area contributed by atoms with Crippen LogP contribution in [0.1, 0.15) is 21.5 Å². The lowest BCUT2D eigenvalue weighted by Gasteiger charge is -2.15. The van der Waals surface area contributed by atoms with Gasteiger partial charge in [0.1, 0.15) is 0 Å². The first-order chi connectivity index (χ1) is 15.4. The number of phenolic OH excluding ortho intramolecular Hbond substituents is 1. The van der Waals surface area contributed by atoms with Crippen LogP contribution in [0, 0.1) is 6.92 Å². The standard InChI is InChI=1S/C21H13Cl3F3N3O3/c1-9-4-2-3-5-11(9)19(32)30-20(33)29-14-7-12(22)15(16(24)18(14)31)17-13(23)6-10(8-28-17)21(25,26)27/h2-8,31H,1H3,(H2,29,30,32,33). The van der Waals surface area contributed by atoms with E-state index in [-0.39, 0.29) is 27.5 Å². The highest BCUT2D eigenvalue weighted by Crippen LogP contribution is 2.46. The fourth-order valence-corrected chi connectivity index (χ4v) is 3.75. The molecule has 3 N–H and O–H groups in total. The first kappa shape index (κ1) is 24.6. The number of imide groups is 1. The van der Waals surface area contributed by atoms with Crippen molar-refractivity contribution in [2.75, 3.05) is 5.32 Å². The largest absolute Gasteiger partial charge is 0.504 e. The van der Waals surface area contributed by atoms with Gasteiger partial charge in [0, 0.05) is 17.3 Å². The number of carbonyl (C=O) groups excluding carboxylic acids is 2. The Morgan fingerprint density at radius 2 is 1.73 bits per heavy atom. The zero-order chi connectivity index (χ0) is 24.5. The minimum Gasteiger partial charge on any atom is -0.504 e. The van der Waals surface area contributed by atoms with Gasteiger partial charge in [0.2, 0.25) is 0 Å². The second-order valence-corrected chi connectivity index (χ2v) is 7.91. The number of aryl methyl sites for hydroxylation is 1. The number of benzene rings is 2. The van der Waals surface area contributed by atoms with Gasteiger partial charge in [0.15, 0.2) is 5.75 Å². The molecule has 0 radical (unpaired) electrons. The van der Waals surface area contributed by atoms with Gasteiger partial charge in [-0.2, -0.15) is 13.2 Å². The topological polar surface area (TPSA) is 91.3 Å². The van der Waals surface area contributed by atoms with Crippen molar-refractivity contribution in [3.63, 3.8) is 0 Å². The maximum absolute atomic E-state index is 12.9. The van der Waals surface area contributed by atoms with Crippen molar-refractivity contribution in [3.8, 4) is 17.0 Å². The number of nitrogens with one attached hydrogen (secondary N) is 2. The normalized spacial score (nSPS) is 11.2. The summed E-state index contributed by atoms with van der Waals surface area (Å²) in [7, 11) is 0. The number of rotatable bonds is 3. The van der Waals surface area contributed by atoms with Crippen LogP contribution in [0.3, 0.4) is 0 Å². The number of hydrogen-bond donors (Lipinski definition) is 3. The van der Waals surface area contributed by atoms with Gasteiger partial charge in [-0.05, 0) is 30.7 Å². The summed E-state index contributed by atoms with van der Waals surface area (Å²) in [6.45, 7) is 1.69. The summed E-state index contributed by atoms with van der Waals surface area (Å²) in [6, 6.07) is 7.33. The zero-order valence-electron chi connectivity index (χ0n) is 16.5. The quantitative estimate of drug-likeness (QED) is 0.336. The number of pyridine rings is 1. The van der Waals surface area contributed by atoms with E-state index in [4.69, 9.17) is 34.8 Å². The third-order valence-electron chi connectivity index (χ3n) is 4.46. The van der Waals surface area contributed by atoms with Crippen molar-refractivity contribution in [3.05, 3.63) is 74.4 Å². The number of amides is 3. The van der Waals surface area contributed by atoms with Crippen LogP contribution in [0.15, 0.2) is 42.6 Å². The molecule has 1 aromatic heterocycles. The molecule has 1 heterocycles. The molecule has 0 spiro atoms. The van der Waals surface area contributed by atoms with Gasteiger partial charge < -0.3 is 10.4 Å². The van der Waals surface area contributed by atoms with E-state index < -0.39 is 39.5 Å². The Balaban J connectivity index is 1.88. The highest BCUT2D eigenvalue weighted by molar-refractivity contribution is 6.42. The van der Waals surface area contributed by atoms with E-state index in [2.05, 4.69) is 15.6 Å². The lowest BCUT2D eigenvalue weighted by atomic mass is 10.1. The molecule has 0 fully saturated rings. The van der Waals surface area contributed by atoms with Gasteiger partial charge in [-0.1, -0.05) is 53.0 Å². The number of phenols is 1. The molecule has 0 unspecified atom stereocenters. The van der Waals surface area contributed by atoms with Crippen LogP contribution in [-0.2, 0) is 6.18 Å². The molecule has 0 saturated heterocycles. The second-order valence-electron chi connectivity index (χ2n) is 6.72. The van der Waals surface area contributed by atoms with E-state index in [1.165, 1.54) is 6.07 Å². The smallest absolute Gasteiger partial charge is 0.417 e. The van der Waals surface area contributed by atoms with Crippen LogP contribution in [-0.4, -0.2) is 22.0 Å². The SMILES string of the molecule is Cc1ccccc1C(=O)NC(=O)Nc1cc(Cl)c(-c2ncc(C(F)(F)F)cc2Cl)c(Cl)c1O. The molecule has 0 atom stereocenters. The van der Waals surface area contributed by atoms with Crippen molar-refractivity contribution in [1.29, 1.82) is 0 Å². The molecule has 0 aliphatic carbocycles. The van der Waals surface area contributed by atoms with Crippen molar-refractivity contribution >= 4 is 52.4 Å². The first-order valence-corrected chi connectivity index (χ1v) is 10.2. The maximum Gasteiger partial charge on any atom is 0.417 e. The fourth-order valence-electron chi connectivity index (χ4n) is 2.85. The van der Waals surface area contributed by atoms with E-state index in [9.17, 15) is 27.9 Å². The molecule has 0 aliphatic heterocycles. The van der Waals surface area contributed by atoms with Crippen LogP contribution in [0.25, 0.3) is 11.3 Å². The molecule has 12 heteroatoms. The molecule has 2 aromatic carbocycles. The van der Waals surface area contributed by atoms with E-state index in [0.717, 1.165) is 6.07 Å². The predicted molar refractivity (Wildman–Crippen MR) is 119 cm³/mol. The van der Waals surface area contributed by atoms with Gasteiger partial charge in [-0.25, -0.2) is 4.79 Å². The Morgan fingerprint density at radius 1 is 1.06 bits per heavy atom. The maximum atomic E-state index is 12.9. The Kier molecular flexibility index (Phi) is 7.06. The molecule has 3 aromatic rings. The van der Waals surface area contributed by atoms with E-state index in [0.29, 0.717) is 17.8 Å². The van der Waals surface area contributed by atoms with Gasteiger partial charge in [0.05, 0.1) is 32.0 Å². The third-order valence-corrected chi connectivity index (χ3v) is 5.42. The van der Waals surface area contributed by atoms with Crippen molar-refractivity contribution < 1.29 is 27.9 Å². The summed E-state index contributed by atoms with van der Waals surface area (Å²) >= 11 is 18.3. The number of carbonyl (C=O) groups is 2. The Hall–Kier alpha value is -3.01. The summed E-state index contributed by atoms with van der Waals surface area (Å²) in [5.74, 6) is -1.34. The minimum atomic E-state index is -4.66. The summed E-state index contributed by atoms with van der Waals surface area (Å²) in [6.07, 6.45) is -4.12. The van der Waals surface area contributed by atoms with Gasteiger partial charge in [-0.3, -0.25) is 15.1 Å². The van der Waals surface area contributed by atoms with Crippen LogP contribution >= 0.6 is 34.8 Å². The van der Waals surface area contributed by atoms with Crippen molar-refractivity contribution in [2.45, 2.75) is 13.1 Å². The highest BCUT2D eigenvalue weighted by atomic mass is 35.5. The molecule has 0 saturated carbocycles. The number of urea groups is 1. The Labute approximate surface area is 200 Å². The summed E-state index contributed by atoms with van der Waals surface area (Å²) in [4.78, 5) is 28.2. The molecule has 0 bridgehead atoms. The third kappa shape index (κ3) is 5.32. The number of aromatic nitrogens is 1. The molecule has 6 nitrogen and oxygen atoms in total. The average Bonchev–Trinajstić information content (AvgIpc) is 2.72. The van der Waals surface area contributed by atoms with Crippen molar-refractivity contribution in [2.24, 2.45) is 0 Å². The number of aromatic hydroxyl groups is 1. The number of alkyl halides is 3. The van der Waals surface area contributed by atoms with Crippen molar-refractivity contribution in [1.82, 2.24) is 10.3 Å². The van der Waals surface area contributed by atoms with Gasteiger partial charge in [0.25, 0.3) is 5.91 Å². The van der Waals surface area contributed by atoms with Crippen LogP contribution in [0.2, 0.25) is 15.1 Å². The highest BCUT2D eigenvalue weighted by Gasteiger charge is 2.32. The number of nitrogens with zero attached hydrogens (tertiary/aromatic N) is 1. The summed E-state index contributed by atoms with van der Waals surface area (Å²) in [5.41, 5.74) is -0.779. The Bertz CT molecular complexity index is 1270. The monoisotopic (exact) mass is 517 g/mol. The molecular weight excluding hydrogens is 506 g/mol. The fraction of sp³-hybridized carbons (Fsp3) is 0.0952. The molecule has 172 valence electrons.